The number of carbonyl (C=O) groups excluding carboxylic acids is 1. The minimum atomic E-state index is -4.51. The van der Waals surface area contributed by atoms with Crippen LogP contribution in [0.5, 0.6) is 0 Å². The van der Waals surface area contributed by atoms with E-state index in [2.05, 4.69) is 50.3 Å². The zero-order chi connectivity index (χ0) is 37.5. The fraction of sp³-hybridized carbons (Fsp3) is 0.829. The van der Waals surface area contributed by atoms with Crippen molar-refractivity contribution in [1.82, 2.24) is 0 Å². The Kier molecular flexibility index (Phi) is 37.4. The molecule has 0 saturated heterocycles. The summed E-state index contributed by atoms with van der Waals surface area (Å²) in [5.74, 6) is -0.396. The van der Waals surface area contributed by atoms with Crippen LogP contribution in [0, 0.1) is 0 Å². The van der Waals surface area contributed by atoms with E-state index in [1.54, 1.807) is 0 Å². The largest absolute Gasteiger partial charge is 0.472 e. The predicted molar refractivity (Wildman–Crippen MR) is 210 cm³/mol. The van der Waals surface area contributed by atoms with Crippen LogP contribution >= 0.6 is 7.82 Å². The van der Waals surface area contributed by atoms with Crippen LogP contribution in [0.25, 0.3) is 0 Å². The summed E-state index contributed by atoms with van der Waals surface area (Å²) >= 11 is 0. The first-order valence-corrected chi connectivity index (χ1v) is 22.0. The molecular weight excluding hydrogens is 667 g/mol. The highest BCUT2D eigenvalue weighted by Crippen LogP contribution is 2.43. The molecule has 0 aliphatic rings. The Hall–Kier alpha value is -1.32. The summed E-state index contributed by atoms with van der Waals surface area (Å²) < 4.78 is 33.3. The van der Waals surface area contributed by atoms with Gasteiger partial charge in [0, 0.05) is 13.0 Å². The normalized spacial score (nSPS) is 14.5. The molecule has 300 valence electrons. The number of hydrogen-bond acceptors (Lipinski definition) is 8. The zero-order valence-corrected chi connectivity index (χ0v) is 33.5. The van der Waals surface area contributed by atoms with Crippen LogP contribution in [0.3, 0.4) is 0 Å². The molecule has 0 aliphatic carbocycles. The van der Waals surface area contributed by atoms with Gasteiger partial charge in [0.25, 0.3) is 0 Å². The summed E-state index contributed by atoms with van der Waals surface area (Å²) in [6.45, 7) is 3.43. The van der Waals surface area contributed by atoms with Gasteiger partial charge >= 0.3 is 13.8 Å². The number of aliphatic hydroxyl groups excluding tert-OH is 2. The zero-order valence-electron chi connectivity index (χ0n) is 32.6. The van der Waals surface area contributed by atoms with Gasteiger partial charge in [0.1, 0.15) is 12.2 Å². The van der Waals surface area contributed by atoms with Crippen LogP contribution in [0.1, 0.15) is 174 Å². The van der Waals surface area contributed by atoms with Crippen molar-refractivity contribution in [3.05, 3.63) is 36.5 Å². The third-order valence-corrected chi connectivity index (χ3v) is 9.50. The van der Waals surface area contributed by atoms with Gasteiger partial charge in [-0.1, -0.05) is 140 Å². The molecule has 0 spiro atoms. The highest BCUT2D eigenvalue weighted by atomic mass is 31.2. The van der Waals surface area contributed by atoms with Gasteiger partial charge in [-0.15, -0.1) is 0 Å². The van der Waals surface area contributed by atoms with Crippen molar-refractivity contribution in [2.24, 2.45) is 0 Å². The minimum Gasteiger partial charge on any atom is -0.457 e. The van der Waals surface area contributed by atoms with Crippen molar-refractivity contribution in [2.75, 3.05) is 33.0 Å². The van der Waals surface area contributed by atoms with Crippen molar-refractivity contribution in [2.45, 2.75) is 187 Å². The molecular formula is C41H77O9P. The van der Waals surface area contributed by atoms with Gasteiger partial charge in [-0.3, -0.25) is 13.8 Å². The quantitative estimate of drug-likeness (QED) is 0.0243. The van der Waals surface area contributed by atoms with Crippen LogP contribution in [0.4, 0.5) is 0 Å². The third kappa shape index (κ3) is 38.2. The van der Waals surface area contributed by atoms with E-state index in [-0.39, 0.29) is 19.6 Å². The molecule has 0 aromatic rings. The third-order valence-electron chi connectivity index (χ3n) is 8.55. The predicted octanol–water partition coefficient (Wildman–Crippen LogP) is 10.9. The summed E-state index contributed by atoms with van der Waals surface area (Å²) in [6.07, 6.45) is 39.6. The molecule has 3 unspecified atom stereocenters. The molecule has 9 nitrogen and oxygen atoms in total. The lowest BCUT2D eigenvalue weighted by molar-refractivity contribution is -0.154. The van der Waals surface area contributed by atoms with E-state index in [9.17, 15) is 19.4 Å². The number of hydrogen-bond donors (Lipinski definition) is 3. The molecule has 0 amide bonds. The number of ether oxygens (including phenoxy) is 2. The van der Waals surface area contributed by atoms with Crippen LogP contribution in [0.15, 0.2) is 36.5 Å². The second kappa shape index (κ2) is 38.4. The Bertz CT molecular complexity index is 892. The molecule has 0 saturated carbocycles. The summed E-state index contributed by atoms with van der Waals surface area (Å²) in [4.78, 5) is 22.5. The van der Waals surface area contributed by atoms with Crippen molar-refractivity contribution in [1.29, 1.82) is 0 Å². The SMILES string of the molecule is CCCC/C=C\CCCCCCCC(=O)OC(COCCCCCCCCCC/C=C\C/C=C\CCCCCC)COP(=O)(O)OCC(O)CO. The van der Waals surface area contributed by atoms with E-state index in [4.69, 9.17) is 23.6 Å². The molecule has 0 aliphatic heterocycles. The summed E-state index contributed by atoms with van der Waals surface area (Å²) in [5.41, 5.74) is 0. The van der Waals surface area contributed by atoms with E-state index in [1.165, 1.54) is 77.0 Å². The van der Waals surface area contributed by atoms with E-state index in [1.807, 2.05) is 0 Å². The molecule has 0 heterocycles. The number of unbranched alkanes of at least 4 members (excludes halogenated alkanes) is 19. The van der Waals surface area contributed by atoms with E-state index >= 15 is 0 Å². The second-order valence-electron chi connectivity index (χ2n) is 13.6. The van der Waals surface area contributed by atoms with Crippen LogP contribution in [-0.4, -0.2) is 66.3 Å². The lowest BCUT2D eigenvalue weighted by Crippen LogP contribution is -2.29. The number of phosphoric acid groups is 1. The number of rotatable bonds is 39. The Morgan fingerprint density at radius 3 is 1.65 bits per heavy atom. The van der Waals surface area contributed by atoms with E-state index in [0.717, 1.165) is 70.6 Å². The Morgan fingerprint density at radius 1 is 0.608 bits per heavy atom. The van der Waals surface area contributed by atoms with Crippen LogP contribution in [0.2, 0.25) is 0 Å². The average molecular weight is 745 g/mol. The minimum absolute atomic E-state index is 0.0422. The number of phosphoric ester groups is 1. The van der Waals surface area contributed by atoms with E-state index < -0.39 is 39.2 Å². The first kappa shape index (κ1) is 49.7. The molecule has 0 fully saturated rings. The van der Waals surface area contributed by atoms with Crippen molar-refractivity contribution in [3.8, 4) is 0 Å². The lowest BCUT2D eigenvalue weighted by atomic mass is 10.1. The summed E-state index contributed by atoms with van der Waals surface area (Å²) in [6, 6.07) is 0. The summed E-state index contributed by atoms with van der Waals surface area (Å²) in [5, 5.41) is 18.3. The molecule has 0 rings (SSSR count). The molecule has 0 aromatic heterocycles. The maximum Gasteiger partial charge on any atom is 0.472 e. The molecule has 10 heteroatoms. The maximum absolute atomic E-state index is 12.5. The van der Waals surface area contributed by atoms with Gasteiger partial charge in [-0.25, -0.2) is 4.57 Å². The Morgan fingerprint density at radius 2 is 1.08 bits per heavy atom. The van der Waals surface area contributed by atoms with Crippen LogP contribution in [-0.2, 0) is 27.9 Å². The van der Waals surface area contributed by atoms with E-state index in [0.29, 0.717) is 13.0 Å². The number of carbonyl (C=O) groups is 1. The molecule has 0 radical (unpaired) electrons. The number of aliphatic hydroxyl groups is 2. The van der Waals surface area contributed by atoms with Crippen molar-refractivity contribution in [3.63, 3.8) is 0 Å². The first-order valence-electron chi connectivity index (χ1n) is 20.5. The molecule has 3 N–H and O–H groups in total. The van der Waals surface area contributed by atoms with Gasteiger partial charge in [0.05, 0.1) is 26.4 Å². The number of esters is 1. The van der Waals surface area contributed by atoms with Gasteiger partial charge in [0.2, 0.25) is 0 Å². The van der Waals surface area contributed by atoms with Gasteiger partial charge < -0.3 is 24.6 Å². The Balaban J connectivity index is 4.16. The fourth-order valence-corrected chi connectivity index (χ4v) is 6.16. The van der Waals surface area contributed by atoms with Crippen molar-refractivity contribution < 1.29 is 43.0 Å². The van der Waals surface area contributed by atoms with Crippen LogP contribution < -0.4 is 0 Å². The fourth-order valence-electron chi connectivity index (χ4n) is 5.37. The number of allylic oxidation sites excluding steroid dienone is 6. The topological polar surface area (TPSA) is 132 Å². The highest BCUT2D eigenvalue weighted by molar-refractivity contribution is 7.47. The molecule has 51 heavy (non-hydrogen) atoms. The van der Waals surface area contributed by atoms with Gasteiger partial charge in [-0.05, 0) is 64.2 Å². The first-order chi connectivity index (χ1) is 24.8. The molecule has 3 atom stereocenters. The lowest BCUT2D eigenvalue weighted by Gasteiger charge is -2.20. The van der Waals surface area contributed by atoms with Gasteiger partial charge in [-0.2, -0.15) is 0 Å². The van der Waals surface area contributed by atoms with Crippen molar-refractivity contribution >= 4 is 13.8 Å². The Labute approximate surface area is 312 Å². The monoisotopic (exact) mass is 745 g/mol. The second-order valence-corrected chi connectivity index (χ2v) is 15.1. The molecule has 0 aromatic carbocycles. The highest BCUT2D eigenvalue weighted by Gasteiger charge is 2.26. The average Bonchev–Trinajstić information content (AvgIpc) is 3.12. The maximum atomic E-state index is 12.5. The smallest absolute Gasteiger partial charge is 0.457 e. The molecule has 0 bridgehead atoms. The summed E-state index contributed by atoms with van der Waals surface area (Å²) in [7, 11) is -4.51. The van der Waals surface area contributed by atoms with Gasteiger partial charge in [0.15, 0.2) is 0 Å². The standard InChI is InChI=1S/C41H77O9P/c1-3-5-7-9-11-13-15-16-17-18-19-20-21-22-24-26-28-30-32-34-47-37-40(38-49-51(45,46)48-36-39(43)35-42)50-41(44)33-31-29-27-25-23-14-12-10-8-6-4-2/h10,12-13,15,17-18,39-40,42-43H,3-9,11,14,16,19-38H2,1-2H3,(H,45,46)/b12-10-,15-13-,18-17-.